The predicted octanol–water partition coefficient (Wildman–Crippen LogP) is 7.05. The molecule has 0 radical (unpaired) electrons. The lowest BCUT2D eigenvalue weighted by Crippen LogP contribution is -2.37. The molecule has 1 spiro atoms. The lowest BCUT2D eigenvalue weighted by atomic mass is 9.85. The van der Waals surface area contributed by atoms with Crippen molar-refractivity contribution in [3.8, 4) is 11.3 Å². The maximum atomic E-state index is 13.7. The Labute approximate surface area is 250 Å². The van der Waals surface area contributed by atoms with Gasteiger partial charge in [-0.05, 0) is 106 Å². The average molecular weight is 582 g/mol. The largest absolute Gasteiger partial charge is 0.381 e. The number of ether oxygens (including phenoxy) is 1. The number of rotatable bonds is 7. The molecule has 2 saturated carbocycles. The fraction of sp³-hybridized carbons (Fsp3) is 0.676. The van der Waals surface area contributed by atoms with Crippen molar-refractivity contribution in [1.29, 1.82) is 0 Å². The quantitative estimate of drug-likeness (QED) is 0.368. The second kappa shape index (κ2) is 11.6. The Balaban J connectivity index is 1.50. The first kappa shape index (κ1) is 30.5. The van der Waals surface area contributed by atoms with Crippen molar-refractivity contribution >= 4 is 16.9 Å². The molecule has 2 atom stereocenters. The predicted molar refractivity (Wildman–Crippen MR) is 168 cm³/mol. The number of hydrogen-bond acceptors (Lipinski definition) is 3. The van der Waals surface area contributed by atoms with E-state index in [0.29, 0.717) is 5.92 Å². The van der Waals surface area contributed by atoms with E-state index < -0.39 is 11.0 Å². The number of hydrogen-bond donors (Lipinski definition) is 2. The van der Waals surface area contributed by atoms with Crippen molar-refractivity contribution in [2.75, 3.05) is 13.2 Å². The molecule has 3 aliphatic rings. The van der Waals surface area contributed by atoms with E-state index in [1.807, 2.05) is 26.8 Å². The summed E-state index contributed by atoms with van der Waals surface area (Å²) >= 11 is 0. The highest BCUT2D eigenvalue weighted by atomic mass is 32.2. The highest BCUT2D eigenvalue weighted by Gasteiger charge is 2.55. The van der Waals surface area contributed by atoms with Gasteiger partial charge in [0.05, 0.1) is 10.5 Å². The zero-order valence-corrected chi connectivity index (χ0v) is 27.1. The summed E-state index contributed by atoms with van der Waals surface area (Å²) in [5.74, 6) is 0.672. The molecule has 41 heavy (non-hydrogen) atoms. The molecule has 1 aliphatic heterocycles. The van der Waals surface area contributed by atoms with Crippen LogP contribution in [0.2, 0.25) is 0 Å². The van der Waals surface area contributed by atoms with Gasteiger partial charge in [-0.25, -0.2) is 8.93 Å². The summed E-state index contributed by atoms with van der Waals surface area (Å²) < 4.78 is 24.7. The van der Waals surface area contributed by atoms with E-state index in [4.69, 9.17) is 4.74 Å². The summed E-state index contributed by atoms with van der Waals surface area (Å²) in [5, 5.41) is 3.39. The van der Waals surface area contributed by atoms with Crippen LogP contribution in [0.3, 0.4) is 0 Å². The smallest absolute Gasteiger partial charge is 0.253 e. The van der Waals surface area contributed by atoms with Crippen LogP contribution in [-0.4, -0.2) is 39.5 Å². The van der Waals surface area contributed by atoms with Gasteiger partial charge in [0, 0.05) is 42.7 Å². The van der Waals surface area contributed by atoms with Gasteiger partial charge in [-0.1, -0.05) is 46.1 Å². The molecular formula is C34H51N3O3S. The maximum absolute atomic E-state index is 13.7. The minimum absolute atomic E-state index is 0.0441. The van der Waals surface area contributed by atoms with Crippen LogP contribution in [0.4, 0.5) is 0 Å². The minimum Gasteiger partial charge on any atom is -0.381 e. The van der Waals surface area contributed by atoms with Gasteiger partial charge < -0.3 is 14.6 Å². The van der Waals surface area contributed by atoms with Crippen molar-refractivity contribution in [3.05, 3.63) is 41.1 Å². The molecule has 1 saturated heterocycles. The van der Waals surface area contributed by atoms with Crippen LogP contribution in [-0.2, 0) is 27.7 Å². The summed E-state index contributed by atoms with van der Waals surface area (Å²) in [5.41, 5.74) is 4.84. The maximum Gasteiger partial charge on any atom is 0.253 e. The van der Waals surface area contributed by atoms with E-state index >= 15 is 0 Å². The van der Waals surface area contributed by atoms with Crippen LogP contribution in [0, 0.1) is 18.3 Å². The molecule has 1 aromatic carbocycles. The van der Waals surface area contributed by atoms with Crippen LogP contribution in [0.25, 0.3) is 11.3 Å². The first-order valence-corrected chi connectivity index (χ1v) is 16.9. The number of nitrogens with one attached hydrogen (secondary N) is 2. The Kier molecular flexibility index (Phi) is 8.64. The molecule has 6 nitrogen and oxygen atoms in total. The van der Waals surface area contributed by atoms with E-state index in [1.165, 1.54) is 32.1 Å². The zero-order chi connectivity index (χ0) is 29.6. The summed E-state index contributed by atoms with van der Waals surface area (Å²) in [7, 11) is -1.33. The second-order valence-electron chi connectivity index (χ2n) is 14.9. The van der Waals surface area contributed by atoms with Gasteiger partial charge in [0.1, 0.15) is 11.0 Å². The van der Waals surface area contributed by atoms with Gasteiger partial charge >= 0.3 is 0 Å². The molecule has 1 aromatic heterocycles. The number of amides is 1. The van der Waals surface area contributed by atoms with Crippen molar-refractivity contribution in [2.24, 2.45) is 11.3 Å². The summed E-state index contributed by atoms with van der Waals surface area (Å²) in [6, 6.07) is 8.69. The summed E-state index contributed by atoms with van der Waals surface area (Å²) in [6.45, 7) is 17.3. The molecule has 2 aliphatic carbocycles. The van der Waals surface area contributed by atoms with Crippen LogP contribution in [0.1, 0.15) is 115 Å². The van der Waals surface area contributed by atoms with E-state index in [2.05, 4.69) is 60.5 Å². The Hall–Kier alpha value is -1.96. The third kappa shape index (κ3) is 6.83. The van der Waals surface area contributed by atoms with E-state index in [0.717, 1.165) is 72.0 Å². The standard InChI is InChI=1S/C34H51N3O3S/c1-23-26(31(38)35-30-21-34(30)15-17-40-18-16-34)20-28(37(23)22-24-11-9-8-10-12-24)25-13-14-29(27(19-25)32(2,3)4)41(39)36-33(5,6)7/h13-14,19-20,24,30,36H,8-12,15-18,21-22H2,1-7H3,(H,35,38). The van der Waals surface area contributed by atoms with Gasteiger partial charge in [0.15, 0.2) is 0 Å². The molecule has 2 aromatic rings. The minimum atomic E-state index is -1.33. The summed E-state index contributed by atoms with van der Waals surface area (Å²) in [4.78, 5) is 14.6. The van der Waals surface area contributed by atoms with Gasteiger partial charge in [-0.2, -0.15) is 0 Å². The summed E-state index contributed by atoms with van der Waals surface area (Å²) in [6.07, 6.45) is 9.53. The Morgan fingerprint density at radius 2 is 1.73 bits per heavy atom. The monoisotopic (exact) mass is 581 g/mol. The van der Waals surface area contributed by atoms with E-state index in [9.17, 15) is 9.00 Å². The normalized spacial score (nSPS) is 22.1. The van der Waals surface area contributed by atoms with Gasteiger partial charge in [-0.3, -0.25) is 4.79 Å². The highest BCUT2D eigenvalue weighted by molar-refractivity contribution is 7.83. The van der Waals surface area contributed by atoms with Crippen molar-refractivity contribution < 1.29 is 13.7 Å². The molecule has 2 heterocycles. The molecule has 5 rings (SSSR count). The lowest BCUT2D eigenvalue weighted by molar-refractivity contribution is 0.0535. The average Bonchev–Trinajstić information content (AvgIpc) is 3.44. The van der Waals surface area contributed by atoms with Gasteiger partial charge in [-0.15, -0.1) is 0 Å². The van der Waals surface area contributed by atoms with Gasteiger partial charge in [0.25, 0.3) is 5.91 Å². The molecule has 3 fully saturated rings. The molecular weight excluding hydrogens is 530 g/mol. The first-order valence-electron chi connectivity index (χ1n) is 15.7. The Bertz CT molecular complexity index is 1290. The molecule has 1 amide bonds. The third-order valence-electron chi connectivity index (χ3n) is 9.44. The topological polar surface area (TPSA) is 72.4 Å². The van der Waals surface area contributed by atoms with Gasteiger partial charge in [0.2, 0.25) is 0 Å². The van der Waals surface area contributed by atoms with Crippen LogP contribution in [0.15, 0.2) is 29.2 Å². The van der Waals surface area contributed by atoms with Crippen molar-refractivity contribution in [1.82, 2.24) is 14.6 Å². The number of nitrogens with zero attached hydrogens (tertiary/aromatic N) is 1. The van der Waals surface area contributed by atoms with Crippen LogP contribution in [0.5, 0.6) is 0 Å². The molecule has 7 heteroatoms. The van der Waals surface area contributed by atoms with Crippen molar-refractivity contribution in [3.63, 3.8) is 0 Å². The SMILES string of the molecule is Cc1c(C(=O)NC2CC23CCOCC3)cc(-c2ccc(S(=O)NC(C)(C)C)c(C(C)(C)C)c2)n1CC1CCCCC1. The molecule has 2 unspecified atom stereocenters. The first-order chi connectivity index (χ1) is 19.3. The highest BCUT2D eigenvalue weighted by Crippen LogP contribution is 2.53. The van der Waals surface area contributed by atoms with E-state index in [-0.39, 0.29) is 28.3 Å². The zero-order valence-electron chi connectivity index (χ0n) is 26.3. The fourth-order valence-corrected chi connectivity index (χ4v) is 8.29. The Morgan fingerprint density at radius 3 is 2.37 bits per heavy atom. The number of carbonyl (C=O) groups excluding carboxylic acids is 1. The molecule has 226 valence electrons. The molecule has 0 bridgehead atoms. The molecule has 2 N–H and O–H groups in total. The van der Waals surface area contributed by atoms with Crippen molar-refractivity contribution in [2.45, 2.75) is 128 Å². The number of carbonyl (C=O) groups is 1. The van der Waals surface area contributed by atoms with E-state index in [1.54, 1.807) is 0 Å². The second-order valence-corrected chi connectivity index (χ2v) is 16.1. The lowest BCUT2D eigenvalue weighted by Gasteiger charge is -2.27. The number of aromatic nitrogens is 1. The Morgan fingerprint density at radius 1 is 1.05 bits per heavy atom. The third-order valence-corrected chi connectivity index (χ3v) is 11.0. The number of benzene rings is 1. The van der Waals surface area contributed by atoms with Crippen LogP contribution < -0.4 is 10.0 Å². The van der Waals surface area contributed by atoms with Crippen LogP contribution >= 0.6 is 0 Å². The fourth-order valence-electron chi connectivity index (χ4n) is 6.87.